The van der Waals surface area contributed by atoms with Gasteiger partial charge in [0, 0.05) is 24.6 Å². The maximum Gasteiger partial charge on any atom is 0.337 e. The Morgan fingerprint density at radius 1 is 1.13 bits per heavy atom. The van der Waals surface area contributed by atoms with Crippen molar-refractivity contribution in [1.29, 1.82) is 0 Å². The average Bonchev–Trinajstić information content (AvgIpc) is 2.60. The Morgan fingerprint density at radius 2 is 1.96 bits per heavy atom. The average molecular weight is 313 g/mol. The van der Waals surface area contributed by atoms with Crippen molar-refractivity contribution in [3.05, 3.63) is 59.9 Å². The Balaban J connectivity index is 1.93. The number of nitrogens with zero attached hydrogens (tertiary/aromatic N) is 1. The summed E-state index contributed by atoms with van der Waals surface area (Å²) < 4.78 is 4.59. The Labute approximate surface area is 132 Å². The number of amides is 2. The summed E-state index contributed by atoms with van der Waals surface area (Å²) in [6.07, 6.45) is 3.21. The Morgan fingerprint density at radius 3 is 2.65 bits per heavy atom. The summed E-state index contributed by atoms with van der Waals surface area (Å²) in [4.78, 5) is 38.9. The monoisotopic (exact) mass is 313 g/mol. The van der Waals surface area contributed by atoms with Crippen LogP contribution in [0.1, 0.15) is 15.9 Å². The first kappa shape index (κ1) is 16.2. The van der Waals surface area contributed by atoms with E-state index < -0.39 is 17.8 Å². The number of benzene rings is 1. The van der Waals surface area contributed by atoms with E-state index in [0.29, 0.717) is 5.69 Å². The van der Waals surface area contributed by atoms with Crippen molar-refractivity contribution in [1.82, 2.24) is 10.3 Å². The molecule has 0 unspecified atom stereocenters. The second-order valence-corrected chi connectivity index (χ2v) is 4.57. The minimum Gasteiger partial charge on any atom is -0.465 e. The molecule has 0 spiro atoms. The highest BCUT2D eigenvalue weighted by molar-refractivity contribution is 6.39. The molecule has 1 aromatic heterocycles. The van der Waals surface area contributed by atoms with E-state index >= 15 is 0 Å². The van der Waals surface area contributed by atoms with Gasteiger partial charge in [0.1, 0.15) is 0 Å². The normalized spacial score (nSPS) is 9.78. The van der Waals surface area contributed by atoms with Gasteiger partial charge in [0.15, 0.2) is 0 Å². The molecule has 1 heterocycles. The van der Waals surface area contributed by atoms with E-state index in [0.717, 1.165) is 5.56 Å². The van der Waals surface area contributed by atoms with Gasteiger partial charge in [-0.1, -0.05) is 12.1 Å². The van der Waals surface area contributed by atoms with Gasteiger partial charge in [-0.25, -0.2) is 4.79 Å². The van der Waals surface area contributed by atoms with E-state index in [1.807, 2.05) is 0 Å². The minimum atomic E-state index is -0.823. The van der Waals surface area contributed by atoms with Crippen molar-refractivity contribution >= 4 is 23.5 Å². The van der Waals surface area contributed by atoms with Crippen molar-refractivity contribution in [3.63, 3.8) is 0 Å². The summed E-state index contributed by atoms with van der Waals surface area (Å²) >= 11 is 0. The number of anilines is 1. The van der Waals surface area contributed by atoms with Crippen LogP contribution in [0, 0.1) is 0 Å². The molecule has 2 rings (SSSR count). The standard InChI is InChI=1S/C16H15N3O4/c1-23-16(22)12-5-2-6-13(8-12)19-15(21)14(20)18-10-11-4-3-7-17-9-11/h2-9H,10H2,1H3,(H,18,20)(H,19,21). The molecule has 0 bridgehead atoms. The summed E-state index contributed by atoms with van der Waals surface area (Å²) in [7, 11) is 1.26. The zero-order valence-corrected chi connectivity index (χ0v) is 12.4. The molecule has 1 aromatic carbocycles. The number of aromatic nitrogens is 1. The summed E-state index contributed by atoms with van der Waals surface area (Å²) in [5.41, 5.74) is 1.39. The summed E-state index contributed by atoms with van der Waals surface area (Å²) in [6, 6.07) is 9.64. The number of hydrogen-bond acceptors (Lipinski definition) is 5. The van der Waals surface area contributed by atoms with Crippen molar-refractivity contribution in [3.8, 4) is 0 Å². The molecule has 0 aliphatic rings. The first-order valence-electron chi connectivity index (χ1n) is 6.76. The SMILES string of the molecule is COC(=O)c1cccc(NC(=O)C(=O)NCc2cccnc2)c1. The molecule has 2 amide bonds. The minimum absolute atomic E-state index is 0.197. The lowest BCUT2D eigenvalue weighted by atomic mass is 10.2. The number of ether oxygens (including phenoxy) is 1. The summed E-state index contributed by atoms with van der Waals surface area (Å²) in [5.74, 6) is -2.13. The lowest BCUT2D eigenvalue weighted by molar-refractivity contribution is -0.136. The summed E-state index contributed by atoms with van der Waals surface area (Å²) in [5, 5.41) is 4.91. The number of rotatable bonds is 4. The van der Waals surface area contributed by atoms with Crippen LogP contribution >= 0.6 is 0 Å². The van der Waals surface area contributed by atoms with Gasteiger partial charge in [0.05, 0.1) is 12.7 Å². The Bertz CT molecular complexity index is 716. The zero-order chi connectivity index (χ0) is 16.7. The third kappa shape index (κ3) is 4.63. The second kappa shape index (κ2) is 7.69. The van der Waals surface area contributed by atoms with Crippen LogP contribution in [0.5, 0.6) is 0 Å². The second-order valence-electron chi connectivity index (χ2n) is 4.57. The fourth-order valence-corrected chi connectivity index (χ4v) is 1.79. The highest BCUT2D eigenvalue weighted by Crippen LogP contribution is 2.11. The van der Waals surface area contributed by atoms with Crippen LogP contribution in [-0.4, -0.2) is 29.9 Å². The third-order valence-electron chi connectivity index (χ3n) is 2.92. The van der Waals surface area contributed by atoms with Crippen LogP contribution in [0.2, 0.25) is 0 Å². The van der Waals surface area contributed by atoms with Crippen molar-refractivity contribution in [2.75, 3.05) is 12.4 Å². The molecule has 0 saturated carbocycles. The molecule has 0 atom stereocenters. The number of carbonyl (C=O) groups excluding carboxylic acids is 3. The number of carbonyl (C=O) groups is 3. The molecule has 2 N–H and O–H groups in total. The van der Waals surface area contributed by atoms with Gasteiger partial charge in [0.2, 0.25) is 0 Å². The molecule has 118 valence electrons. The quantitative estimate of drug-likeness (QED) is 0.651. The predicted octanol–water partition coefficient (Wildman–Crippen LogP) is 1.12. The molecule has 0 saturated heterocycles. The largest absolute Gasteiger partial charge is 0.465 e. The fourth-order valence-electron chi connectivity index (χ4n) is 1.79. The topological polar surface area (TPSA) is 97.4 Å². The lowest BCUT2D eigenvalue weighted by Gasteiger charge is -2.07. The highest BCUT2D eigenvalue weighted by Gasteiger charge is 2.14. The van der Waals surface area contributed by atoms with Gasteiger partial charge in [-0.05, 0) is 29.8 Å². The van der Waals surface area contributed by atoms with E-state index in [1.165, 1.54) is 13.2 Å². The first-order valence-corrected chi connectivity index (χ1v) is 6.76. The Kier molecular flexibility index (Phi) is 5.40. The zero-order valence-electron chi connectivity index (χ0n) is 12.4. The van der Waals surface area contributed by atoms with Gasteiger partial charge < -0.3 is 15.4 Å². The molecule has 23 heavy (non-hydrogen) atoms. The van der Waals surface area contributed by atoms with Crippen molar-refractivity contribution in [2.24, 2.45) is 0 Å². The molecule has 7 heteroatoms. The van der Waals surface area contributed by atoms with E-state index in [4.69, 9.17) is 0 Å². The Hall–Kier alpha value is -3.22. The number of methoxy groups -OCH3 is 1. The van der Waals surface area contributed by atoms with Crippen molar-refractivity contribution < 1.29 is 19.1 Å². The van der Waals surface area contributed by atoms with Crippen molar-refractivity contribution in [2.45, 2.75) is 6.54 Å². The summed E-state index contributed by atoms with van der Waals surface area (Å²) in [6.45, 7) is 0.197. The number of hydrogen-bond donors (Lipinski definition) is 2. The van der Waals surface area contributed by atoms with Crippen LogP contribution in [-0.2, 0) is 20.9 Å². The molecule has 2 aromatic rings. The van der Waals surface area contributed by atoms with Crippen LogP contribution in [0.4, 0.5) is 5.69 Å². The fraction of sp³-hybridized carbons (Fsp3) is 0.125. The molecule has 7 nitrogen and oxygen atoms in total. The predicted molar refractivity (Wildman–Crippen MR) is 82.5 cm³/mol. The van der Waals surface area contributed by atoms with Crippen LogP contribution in [0.3, 0.4) is 0 Å². The van der Waals surface area contributed by atoms with Gasteiger partial charge >= 0.3 is 17.8 Å². The molecule has 0 aliphatic carbocycles. The number of nitrogens with one attached hydrogen (secondary N) is 2. The maximum absolute atomic E-state index is 11.8. The van der Waals surface area contributed by atoms with Gasteiger partial charge in [-0.15, -0.1) is 0 Å². The smallest absolute Gasteiger partial charge is 0.337 e. The highest BCUT2D eigenvalue weighted by atomic mass is 16.5. The van der Waals surface area contributed by atoms with Gasteiger partial charge in [0.25, 0.3) is 0 Å². The molecular weight excluding hydrogens is 298 g/mol. The van der Waals surface area contributed by atoms with Gasteiger partial charge in [-0.3, -0.25) is 14.6 Å². The first-order chi connectivity index (χ1) is 11.1. The van der Waals surface area contributed by atoms with Crippen LogP contribution in [0.15, 0.2) is 48.8 Å². The van der Waals surface area contributed by atoms with Gasteiger partial charge in [-0.2, -0.15) is 0 Å². The molecular formula is C16H15N3O4. The lowest BCUT2D eigenvalue weighted by Crippen LogP contribution is -2.35. The number of pyridine rings is 1. The van der Waals surface area contributed by atoms with E-state index in [-0.39, 0.29) is 12.1 Å². The van der Waals surface area contributed by atoms with E-state index in [2.05, 4.69) is 20.4 Å². The van der Waals surface area contributed by atoms with E-state index in [9.17, 15) is 14.4 Å². The molecule has 0 aliphatic heterocycles. The number of esters is 1. The molecule has 0 fully saturated rings. The maximum atomic E-state index is 11.8. The molecule has 0 radical (unpaired) electrons. The van der Waals surface area contributed by atoms with Crippen LogP contribution in [0.25, 0.3) is 0 Å². The third-order valence-corrected chi connectivity index (χ3v) is 2.92. The van der Waals surface area contributed by atoms with Crippen LogP contribution < -0.4 is 10.6 Å². The van der Waals surface area contributed by atoms with E-state index in [1.54, 1.807) is 42.7 Å².